The molecule has 0 aromatic heterocycles. The van der Waals surface area contributed by atoms with Crippen molar-refractivity contribution in [1.29, 1.82) is 0 Å². The SMILES string of the molecule is CC1(C)OB(c2c(CO)cc(C(=O)ON3C(=O)CCC3=O)cc2CO)OC1(C)C. The fraction of sp³-hybridized carbons (Fsp3) is 0.526. The van der Waals surface area contributed by atoms with Crippen molar-refractivity contribution in [1.82, 2.24) is 5.06 Å². The van der Waals surface area contributed by atoms with Gasteiger partial charge >= 0.3 is 13.1 Å². The highest BCUT2D eigenvalue weighted by Crippen LogP contribution is 2.37. The van der Waals surface area contributed by atoms with E-state index in [2.05, 4.69) is 0 Å². The van der Waals surface area contributed by atoms with E-state index >= 15 is 0 Å². The largest absolute Gasteiger partial charge is 0.495 e. The molecule has 1 aromatic carbocycles. The minimum atomic E-state index is -0.946. The Morgan fingerprint density at radius 3 is 1.90 bits per heavy atom. The molecular weight excluding hydrogens is 381 g/mol. The number of benzene rings is 1. The molecule has 2 aliphatic heterocycles. The summed E-state index contributed by atoms with van der Waals surface area (Å²) in [5, 5.41) is 20.2. The minimum absolute atomic E-state index is 0.0171. The highest BCUT2D eigenvalue weighted by molar-refractivity contribution is 6.63. The first-order valence-corrected chi connectivity index (χ1v) is 9.32. The molecule has 1 aromatic rings. The van der Waals surface area contributed by atoms with E-state index in [0.717, 1.165) is 0 Å². The van der Waals surface area contributed by atoms with Crippen molar-refractivity contribution < 1.29 is 38.7 Å². The van der Waals surface area contributed by atoms with E-state index in [0.29, 0.717) is 21.7 Å². The van der Waals surface area contributed by atoms with Gasteiger partial charge in [-0.2, -0.15) is 0 Å². The number of hydrogen-bond donors (Lipinski definition) is 2. The highest BCUT2D eigenvalue weighted by atomic mass is 16.7. The van der Waals surface area contributed by atoms with Gasteiger partial charge in [0.15, 0.2) is 0 Å². The van der Waals surface area contributed by atoms with Gasteiger partial charge in [-0.3, -0.25) is 9.59 Å². The van der Waals surface area contributed by atoms with Gasteiger partial charge in [0, 0.05) is 12.8 Å². The van der Waals surface area contributed by atoms with Gasteiger partial charge < -0.3 is 24.4 Å². The molecule has 156 valence electrons. The van der Waals surface area contributed by atoms with Crippen LogP contribution < -0.4 is 5.46 Å². The van der Waals surface area contributed by atoms with Crippen LogP contribution in [0.5, 0.6) is 0 Å². The summed E-state index contributed by atoms with van der Waals surface area (Å²) in [5.41, 5.74) is -0.248. The summed E-state index contributed by atoms with van der Waals surface area (Å²) in [6, 6.07) is 2.74. The van der Waals surface area contributed by atoms with Crippen LogP contribution >= 0.6 is 0 Å². The maximum Gasteiger partial charge on any atom is 0.495 e. The fourth-order valence-corrected chi connectivity index (χ4v) is 3.22. The van der Waals surface area contributed by atoms with E-state index in [1.807, 2.05) is 27.7 Å². The molecule has 2 fully saturated rings. The molecule has 3 rings (SSSR count). The number of carbonyl (C=O) groups is 3. The molecule has 10 heteroatoms. The Morgan fingerprint density at radius 2 is 1.48 bits per heavy atom. The summed E-state index contributed by atoms with van der Waals surface area (Å²) in [7, 11) is -0.851. The zero-order valence-electron chi connectivity index (χ0n) is 16.9. The van der Waals surface area contributed by atoms with Crippen LogP contribution in [-0.4, -0.2) is 51.4 Å². The lowest BCUT2D eigenvalue weighted by atomic mass is 9.72. The lowest BCUT2D eigenvalue weighted by molar-refractivity contribution is -0.172. The molecule has 0 bridgehead atoms. The minimum Gasteiger partial charge on any atom is -0.399 e. The van der Waals surface area contributed by atoms with E-state index < -0.39 is 49.3 Å². The fourth-order valence-electron chi connectivity index (χ4n) is 3.22. The Hall–Kier alpha value is -2.27. The first-order chi connectivity index (χ1) is 13.5. The molecule has 2 heterocycles. The van der Waals surface area contributed by atoms with E-state index in [4.69, 9.17) is 14.1 Å². The molecule has 29 heavy (non-hydrogen) atoms. The third-order valence-electron chi connectivity index (χ3n) is 5.60. The molecule has 0 spiro atoms. The molecule has 0 aliphatic carbocycles. The number of hydrogen-bond acceptors (Lipinski definition) is 8. The Morgan fingerprint density at radius 1 is 1.03 bits per heavy atom. The van der Waals surface area contributed by atoms with Gasteiger partial charge in [0.1, 0.15) is 0 Å². The molecule has 2 aliphatic rings. The van der Waals surface area contributed by atoms with Crippen LogP contribution in [0.25, 0.3) is 0 Å². The van der Waals surface area contributed by atoms with Gasteiger partial charge in [0.05, 0.1) is 30.0 Å². The molecule has 2 amide bonds. The van der Waals surface area contributed by atoms with Gasteiger partial charge in [-0.1, -0.05) is 0 Å². The zero-order valence-corrected chi connectivity index (χ0v) is 16.9. The molecule has 2 saturated heterocycles. The van der Waals surface area contributed by atoms with Crippen molar-refractivity contribution in [3.63, 3.8) is 0 Å². The highest BCUT2D eigenvalue weighted by Gasteiger charge is 2.52. The van der Waals surface area contributed by atoms with Gasteiger partial charge in [-0.15, -0.1) is 5.06 Å². The summed E-state index contributed by atoms with van der Waals surface area (Å²) in [6.45, 7) is 6.60. The van der Waals surface area contributed by atoms with Crippen LogP contribution in [0, 0.1) is 0 Å². The van der Waals surface area contributed by atoms with Crippen molar-refractivity contribution in [2.24, 2.45) is 0 Å². The molecule has 2 N–H and O–H groups in total. The first kappa shape index (κ1) is 21.4. The number of aliphatic hydroxyl groups is 2. The van der Waals surface area contributed by atoms with Crippen LogP contribution in [0.4, 0.5) is 0 Å². The van der Waals surface area contributed by atoms with Crippen molar-refractivity contribution >= 4 is 30.4 Å². The number of imide groups is 1. The van der Waals surface area contributed by atoms with E-state index in [1.54, 1.807) is 0 Å². The number of hydroxylamine groups is 2. The Bertz CT molecular complexity index is 809. The van der Waals surface area contributed by atoms with E-state index in [-0.39, 0.29) is 18.4 Å². The van der Waals surface area contributed by atoms with Crippen molar-refractivity contribution in [3.05, 3.63) is 28.8 Å². The number of carbonyl (C=O) groups excluding carboxylic acids is 3. The third kappa shape index (κ3) is 3.80. The maximum atomic E-state index is 12.5. The van der Waals surface area contributed by atoms with Crippen LogP contribution in [0.3, 0.4) is 0 Å². The Kier molecular flexibility index (Phi) is 5.57. The third-order valence-corrected chi connectivity index (χ3v) is 5.60. The second kappa shape index (κ2) is 7.53. The smallest absolute Gasteiger partial charge is 0.399 e. The number of nitrogens with zero attached hydrogens (tertiary/aromatic N) is 1. The Labute approximate surface area is 168 Å². The summed E-state index contributed by atoms with van der Waals surface area (Å²) in [4.78, 5) is 40.7. The zero-order chi connectivity index (χ0) is 21.6. The summed E-state index contributed by atoms with van der Waals surface area (Å²) in [6.07, 6.45) is -0.0342. The summed E-state index contributed by atoms with van der Waals surface area (Å²) in [5.74, 6) is -2.14. The standard InChI is InChI=1S/C19H24BNO8/c1-18(2)19(3,4)29-20(28-18)16-12(9-22)7-11(8-13(16)10-23)17(26)27-21-14(24)5-6-15(21)25/h7-8,22-23H,5-6,9-10H2,1-4H3. The molecule has 0 radical (unpaired) electrons. The second-order valence-corrected chi connectivity index (χ2v) is 8.07. The van der Waals surface area contributed by atoms with Gasteiger partial charge in [0.2, 0.25) is 0 Å². The van der Waals surface area contributed by atoms with Gasteiger partial charge in [-0.25, -0.2) is 4.79 Å². The lowest BCUT2D eigenvalue weighted by Gasteiger charge is -2.32. The second-order valence-electron chi connectivity index (χ2n) is 8.07. The van der Waals surface area contributed by atoms with E-state index in [9.17, 15) is 24.6 Å². The van der Waals surface area contributed by atoms with Crippen LogP contribution in [0.15, 0.2) is 12.1 Å². The van der Waals surface area contributed by atoms with Crippen molar-refractivity contribution in [2.45, 2.75) is 65.0 Å². The number of aliphatic hydroxyl groups excluding tert-OH is 2. The van der Waals surface area contributed by atoms with Crippen molar-refractivity contribution in [3.8, 4) is 0 Å². The molecule has 0 saturated carbocycles. The monoisotopic (exact) mass is 405 g/mol. The normalized spacial score (nSPS) is 20.5. The van der Waals surface area contributed by atoms with E-state index in [1.165, 1.54) is 12.1 Å². The van der Waals surface area contributed by atoms with Gasteiger partial charge in [-0.05, 0) is 56.4 Å². The number of rotatable bonds is 5. The molecule has 0 unspecified atom stereocenters. The molecule has 0 atom stereocenters. The quantitative estimate of drug-likeness (QED) is 0.526. The Balaban J connectivity index is 1.94. The summed E-state index contributed by atoms with van der Waals surface area (Å²) >= 11 is 0. The molecule has 9 nitrogen and oxygen atoms in total. The predicted octanol–water partition coefficient (Wildman–Crippen LogP) is 0.191. The lowest BCUT2D eigenvalue weighted by Crippen LogP contribution is -2.41. The predicted molar refractivity (Wildman–Crippen MR) is 101 cm³/mol. The topological polar surface area (TPSA) is 123 Å². The van der Waals surface area contributed by atoms with Gasteiger partial charge in [0.25, 0.3) is 11.8 Å². The summed E-state index contributed by atoms with van der Waals surface area (Å²) < 4.78 is 12.0. The van der Waals surface area contributed by atoms with Crippen molar-refractivity contribution in [2.75, 3.05) is 0 Å². The maximum absolute atomic E-state index is 12.5. The average Bonchev–Trinajstić information content (AvgIpc) is 3.08. The first-order valence-electron chi connectivity index (χ1n) is 9.32. The van der Waals surface area contributed by atoms with Crippen LogP contribution in [0.2, 0.25) is 0 Å². The van der Waals surface area contributed by atoms with Crippen LogP contribution in [-0.2, 0) is 36.9 Å². The average molecular weight is 405 g/mol. The van der Waals surface area contributed by atoms with Crippen LogP contribution in [0.1, 0.15) is 62.0 Å². The molecular formula is C19H24BNO8. The number of amides is 2.